The van der Waals surface area contributed by atoms with Gasteiger partial charge in [-0.05, 0) is 50.1 Å². The highest BCUT2D eigenvalue weighted by Crippen LogP contribution is 2.52. The van der Waals surface area contributed by atoms with E-state index in [0.29, 0.717) is 5.92 Å². The topological polar surface area (TPSA) is 24.9 Å². The molecule has 1 heterocycles. The summed E-state index contributed by atoms with van der Waals surface area (Å²) < 4.78 is 13.8. The third-order valence-corrected chi connectivity index (χ3v) is 4.67. The van der Waals surface area contributed by atoms with E-state index in [-0.39, 0.29) is 11.9 Å². The molecule has 0 saturated heterocycles. The molecule has 92 valence electrons. The molecule has 2 bridgehead atoms. The Kier molecular flexibility index (Phi) is 2.87. The Morgan fingerprint density at radius 2 is 2.29 bits per heavy atom. The summed E-state index contributed by atoms with van der Waals surface area (Å²) in [5.74, 6) is 2.13. The van der Waals surface area contributed by atoms with Crippen LogP contribution in [0, 0.1) is 23.6 Å². The summed E-state index contributed by atoms with van der Waals surface area (Å²) >= 11 is 0. The molecule has 2 aliphatic carbocycles. The summed E-state index contributed by atoms with van der Waals surface area (Å²) in [6.07, 6.45) is 8.35. The number of nitrogens with one attached hydrogen (secondary N) is 1. The first-order valence-corrected chi connectivity index (χ1v) is 6.56. The van der Waals surface area contributed by atoms with Gasteiger partial charge in [-0.15, -0.1) is 0 Å². The fourth-order valence-electron chi connectivity index (χ4n) is 3.94. The first-order chi connectivity index (χ1) is 8.29. The zero-order chi connectivity index (χ0) is 11.8. The van der Waals surface area contributed by atoms with Crippen LogP contribution in [0.5, 0.6) is 0 Å². The van der Waals surface area contributed by atoms with Gasteiger partial charge in [-0.2, -0.15) is 0 Å². The van der Waals surface area contributed by atoms with Crippen LogP contribution in [-0.2, 0) is 0 Å². The van der Waals surface area contributed by atoms with E-state index in [1.165, 1.54) is 31.9 Å². The van der Waals surface area contributed by atoms with E-state index in [1.807, 2.05) is 13.1 Å². The highest BCUT2D eigenvalue weighted by Gasteiger charge is 2.43. The van der Waals surface area contributed by atoms with Gasteiger partial charge >= 0.3 is 0 Å². The lowest BCUT2D eigenvalue weighted by Gasteiger charge is -2.30. The van der Waals surface area contributed by atoms with E-state index < -0.39 is 0 Å². The minimum atomic E-state index is -0.172. The van der Waals surface area contributed by atoms with Gasteiger partial charge in [0.1, 0.15) is 5.82 Å². The molecule has 0 aliphatic heterocycles. The maximum Gasteiger partial charge on any atom is 0.146 e. The van der Waals surface area contributed by atoms with Gasteiger partial charge in [0.25, 0.3) is 0 Å². The molecule has 0 radical (unpaired) electrons. The molecule has 1 aromatic rings. The predicted molar refractivity (Wildman–Crippen MR) is 64.9 cm³/mol. The van der Waals surface area contributed by atoms with Crippen molar-refractivity contribution >= 4 is 0 Å². The predicted octanol–water partition coefficient (Wildman–Crippen LogP) is 2.92. The number of hydrogen-bond donors (Lipinski definition) is 1. The second-order valence-corrected chi connectivity index (χ2v) is 5.50. The maximum atomic E-state index is 13.8. The minimum Gasteiger partial charge on any atom is -0.313 e. The number of fused-ring (bicyclic) bond motifs is 2. The summed E-state index contributed by atoms with van der Waals surface area (Å²) in [5.41, 5.74) is 0.792. The number of pyridine rings is 1. The SMILES string of the molecule is CNC(c1ccncc1F)C1CC2CCC1C2. The summed E-state index contributed by atoms with van der Waals surface area (Å²) in [5, 5.41) is 3.32. The van der Waals surface area contributed by atoms with Gasteiger partial charge in [0.15, 0.2) is 0 Å². The van der Waals surface area contributed by atoms with Crippen molar-refractivity contribution in [2.24, 2.45) is 17.8 Å². The van der Waals surface area contributed by atoms with Gasteiger partial charge in [-0.3, -0.25) is 4.98 Å². The molecule has 2 fully saturated rings. The van der Waals surface area contributed by atoms with Crippen molar-refractivity contribution in [3.63, 3.8) is 0 Å². The number of halogens is 1. The lowest BCUT2D eigenvalue weighted by Crippen LogP contribution is -2.29. The molecule has 2 nitrogen and oxygen atoms in total. The summed E-state index contributed by atoms with van der Waals surface area (Å²) in [6.45, 7) is 0. The van der Waals surface area contributed by atoms with Gasteiger partial charge in [0.2, 0.25) is 0 Å². The lowest BCUT2D eigenvalue weighted by atomic mass is 9.80. The van der Waals surface area contributed by atoms with E-state index in [4.69, 9.17) is 0 Å². The van der Waals surface area contributed by atoms with Gasteiger partial charge in [0, 0.05) is 17.8 Å². The third kappa shape index (κ3) is 1.86. The lowest BCUT2D eigenvalue weighted by molar-refractivity contribution is 0.255. The summed E-state index contributed by atoms with van der Waals surface area (Å²) in [7, 11) is 1.94. The minimum absolute atomic E-state index is 0.160. The maximum absolute atomic E-state index is 13.8. The highest BCUT2D eigenvalue weighted by atomic mass is 19.1. The number of aromatic nitrogens is 1. The van der Waals surface area contributed by atoms with Crippen LogP contribution in [0.1, 0.15) is 37.3 Å². The number of rotatable bonds is 3. The zero-order valence-electron chi connectivity index (χ0n) is 10.2. The third-order valence-electron chi connectivity index (χ3n) is 4.67. The van der Waals surface area contributed by atoms with Crippen molar-refractivity contribution in [3.8, 4) is 0 Å². The zero-order valence-corrected chi connectivity index (χ0v) is 10.2. The number of nitrogens with zero attached hydrogens (tertiary/aromatic N) is 1. The molecule has 0 amide bonds. The quantitative estimate of drug-likeness (QED) is 0.869. The molecule has 17 heavy (non-hydrogen) atoms. The molecule has 0 spiro atoms. The van der Waals surface area contributed by atoms with Crippen LogP contribution in [0.15, 0.2) is 18.5 Å². The van der Waals surface area contributed by atoms with Crippen LogP contribution in [0.2, 0.25) is 0 Å². The first-order valence-electron chi connectivity index (χ1n) is 6.56. The fraction of sp³-hybridized carbons (Fsp3) is 0.643. The van der Waals surface area contributed by atoms with Crippen LogP contribution >= 0.6 is 0 Å². The average Bonchev–Trinajstić information content (AvgIpc) is 2.95. The molecule has 4 atom stereocenters. The number of hydrogen-bond acceptors (Lipinski definition) is 2. The standard InChI is InChI=1S/C14H19FN2/c1-16-14(11-4-5-17-8-13(11)15)12-7-9-2-3-10(12)6-9/h4-5,8-10,12,14,16H,2-3,6-7H2,1H3. The van der Waals surface area contributed by atoms with Gasteiger partial charge in [-0.25, -0.2) is 4.39 Å². The monoisotopic (exact) mass is 234 g/mol. The summed E-state index contributed by atoms with van der Waals surface area (Å²) in [4.78, 5) is 3.83. The van der Waals surface area contributed by atoms with Crippen molar-refractivity contribution < 1.29 is 4.39 Å². The Morgan fingerprint density at radius 3 is 2.88 bits per heavy atom. The van der Waals surface area contributed by atoms with Gasteiger partial charge in [0.05, 0.1) is 6.20 Å². The molecule has 2 aliphatic rings. The second-order valence-electron chi connectivity index (χ2n) is 5.50. The fourth-order valence-corrected chi connectivity index (χ4v) is 3.94. The Labute approximate surface area is 102 Å². The Balaban J connectivity index is 1.87. The first kappa shape index (κ1) is 11.1. The van der Waals surface area contributed by atoms with Gasteiger partial charge in [-0.1, -0.05) is 6.42 Å². The average molecular weight is 234 g/mol. The second kappa shape index (κ2) is 4.37. The van der Waals surface area contributed by atoms with Crippen molar-refractivity contribution in [3.05, 3.63) is 29.8 Å². The molecule has 1 aromatic heterocycles. The normalized spacial score (nSPS) is 32.9. The molecule has 1 N–H and O–H groups in total. The molecular weight excluding hydrogens is 215 g/mol. The molecule has 0 aromatic carbocycles. The molecule has 2 saturated carbocycles. The largest absolute Gasteiger partial charge is 0.313 e. The van der Waals surface area contributed by atoms with Crippen molar-refractivity contribution in [1.82, 2.24) is 10.3 Å². The smallest absolute Gasteiger partial charge is 0.146 e. The van der Waals surface area contributed by atoms with E-state index in [2.05, 4.69) is 10.3 Å². The molecule has 3 heteroatoms. The highest BCUT2D eigenvalue weighted by molar-refractivity contribution is 5.19. The van der Waals surface area contributed by atoms with Crippen LogP contribution in [0.25, 0.3) is 0 Å². The van der Waals surface area contributed by atoms with E-state index in [1.54, 1.807) is 6.20 Å². The van der Waals surface area contributed by atoms with Crippen LogP contribution < -0.4 is 5.32 Å². The van der Waals surface area contributed by atoms with Crippen molar-refractivity contribution in [2.45, 2.75) is 31.7 Å². The van der Waals surface area contributed by atoms with Crippen molar-refractivity contribution in [1.29, 1.82) is 0 Å². The van der Waals surface area contributed by atoms with Gasteiger partial charge < -0.3 is 5.32 Å². The Morgan fingerprint density at radius 1 is 1.41 bits per heavy atom. The van der Waals surface area contributed by atoms with Crippen LogP contribution in [0.4, 0.5) is 4.39 Å². The Bertz CT molecular complexity index is 407. The molecule has 4 unspecified atom stereocenters. The van der Waals surface area contributed by atoms with E-state index in [9.17, 15) is 4.39 Å². The van der Waals surface area contributed by atoms with Crippen LogP contribution in [0.3, 0.4) is 0 Å². The summed E-state index contributed by atoms with van der Waals surface area (Å²) in [6, 6.07) is 1.98. The molecule has 3 rings (SSSR count). The Hall–Kier alpha value is -0.960. The van der Waals surface area contributed by atoms with Crippen molar-refractivity contribution in [2.75, 3.05) is 7.05 Å². The van der Waals surface area contributed by atoms with E-state index >= 15 is 0 Å². The van der Waals surface area contributed by atoms with E-state index in [0.717, 1.165) is 17.4 Å². The van der Waals surface area contributed by atoms with Crippen LogP contribution in [-0.4, -0.2) is 12.0 Å². The molecular formula is C14H19FN2.